The number of carbonyl (C=O) groups is 1. The molecule has 0 heterocycles. The Labute approximate surface area is 99.9 Å². The smallest absolute Gasteiger partial charge is 0.256 e. The van der Waals surface area contributed by atoms with Gasteiger partial charge in [-0.3, -0.25) is 4.79 Å². The lowest BCUT2D eigenvalue weighted by molar-refractivity contribution is 0.0918. The third-order valence-corrected chi connectivity index (χ3v) is 3.17. The average molecular weight is 230 g/mol. The van der Waals surface area contributed by atoms with E-state index < -0.39 is 5.54 Å². The molecule has 1 aliphatic rings. The molecule has 1 aromatic rings. The summed E-state index contributed by atoms with van der Waals surface area (Å²) < 4.78 is 0. The molecule has 2 rings (SSSR count). The van der Waals surface area contributed by atoms with Crippen LogP contribution in [-0.2, 0) is 0 Å². The number of hydrogen-bond acceptors (Lipinski definition) is 3. The number of carbonyl (C=O) groups excluding carboxylic acids is 1. The van der Waals surface area contributed by atoms with Crippen molar-refractivity contribution in [2.75, 3.05) is 0 Å². The van der Waals surface area contributed by atoms with Crippen LogP contribution < -0.4 is 5.32 Å². The van der Waals surface area contributed by atoms with E-state index in [0.29, 0.717) is 12.8 Å². The predicted octanol–water partition coefficient (Wildman–Crippen LogP) is 1.96. The van der Waals surface area contributed by atoms with Gasteiger partial charge in [-0.05, 0) is 37.8 Å². The molecule has 0 spiro atoms. The fourth-order valence-electron chi connectivity index (χ4n) is 2.19. The van der Waals surface area contributed by atoms with E-state index in [1.54, 1.807) is 18.2 Å². The van der Waals surface area contributed by atoms with Crippen molar-refractivity contribution in [3.63, 3.8) is 0 Å². The Kier molecular flexibility index (Phi) is 3.01. The molecule has 2 N–H and O–H groups in total. The number of aromatic hydroxyl groups is 1. The molecule has 1 saturated carbocycles. The standard InChI is InChI=1S/C13H14N2O2/c14-9-13(7-3-4-8-13)15-12(17)10-5-1-2-6-11(10)16/h1-2,5-6,16H,3-4,7-8H2,(H,15,17). The topological polar surface area (TPSA) is 73.1 Å². The third kappa shape index (κ3) is 2.23. The minimum Gasteiger partial charge on any atom is -0.507 e. The van der Waals surface area contributed by atoms with Gasteiger partial charge in [0.25, 0.3) is 5.91 Å². The second kappa shape index (κ2) is 4.46. The van der Waals surface area contributed by atoms with E-state index in [2.05, 4.69) is 11.4 Å². The van der Waals surface area contributed by atoms with E-state index in [0.717, 1.165) is 12.8 Å². The van der Waals surface area contributed by atoms with Gasteiger partial charge in [0.05, 0.1) is 11.6 Å². The number of phenolic OH excluding ortho intramolecular Hbond substituents is 1. The molecule has 1 amide bonds. The lowest BCUT2D eigenvalue weighted by Gasteiger charge is -2.22. The summed E-state index contributed by atoms with van der Waals surface area (Å²) in [5, 5.41) is 21.5. The SMILES string of the molecule is N#CC1(NC(=O)c2ccccc2O)CCCC1. The molecular weight excluding hydrogens is 216 g/mol. The molecule has 1 fully saturated rings. The van der Waals surface area contributed by atoms with Crippen molar-refractivity contribution in [2.24, 2.45) is 0 Å². The van der Waals surface area contributed by atoms with Gasteiger partial charge < -0.3 is 10.4 Å². The number of hydrogen-bond donors (Lipinski definition) is 2. The number of amides is 1. The Bertz CT molecular complexity index is 471. The summed E-state index contributed by atoms with van der Waals surface area (Å²) in [6, 6.07) is 8.53. The van der Waals surface area contributed by atoms with E-state index in [-0.39, 0.29) is 17.2 Å². The van der Waals surface area contributed by atoms with Gasteiger partial charge in [0.2, 0.25) is 0 Å². The van der Waals surface area contributed by atoms with Crippen LogP contribution in [0.3, 0.4) is 0 Å². The maximum Gasteiger partial charge on any atom is 0.256 e. The molecule has 88 valence electrons. The summed E-state index contributed by atoms with van der Waals surface area (Å²) in [6.07, 6.45) is 3.27. The Hall–Kier alpha value is -2.02. The van der Waals surface area contributed by atoms with Gasteiger partial charge in [0.15, 0.2) is 0 Å². The van der Waals surface area contributed by atoms with Crippen molar-refractivity contribution in [1.29, 1.82) is 5.26 Å². The number of para-hydroxylation sites is 1. The van der Waals surface area contributed by atoms with Gasteiger partial charge in [0, 0.05) is 0 Å². The maximum absolute atomic E-state index is 12.0. The van der Waals surface area contributed by atoms with Gasteiger partial charge in [0.1, 0.15) is 11.3 Å². The van der Waals surface area contributed by atoms with Crippen molar-refractivity contribution in [3.05, 3.63) is 29.8 Å². The van der Waals surface area contributed by atoms with Crippen LogP contribution in [0.2, 0.25) is 0 Å². The fraction of sp³-hybridized carbons (Fsp3) is 0.385. The number of nitriles is 1. The molecule has 0 aliphatic heterocycles. The lowest BCUT2D eigenvalue weighted by atomic mass is 9.99. The van der Waals surface area contributed by atoms with Crippen molar-refractivity contribution in [3.8, 4) is 11.8 Å². The van der Waals surface area contributed by atoms with E-state index >= 15 is 0 Å². The van der Waals surface area contributed by atoms with E-state index in [9.17, 15) is 9.90 Å². The first-order valence-electron chi connectivity index (χ1n) is 5.69. The predicted molar refractivity (Wildman–Crippen MR) is 62.4 cm³/mol. The van der Waals surface area contributed by atoms with Gasteiger partial charge in [-0.2, -0.15) is 5.26 Å². The van der Waals surface area contributed by atoms with E-state index in [1.807, 2.05) is 0 Å². The molecule has 0 atom stereocenters. The lowest BCUT2D eigenvalue weighted by Crippen LogP contribution is -2.45. The molecule has 0 saturated heterocycles. The van der Waals surface area contributed by atoms with Crippen LogP contribution in [0.5, 0.6) is 5.75 Å². The molecule has 0 bridgehead atoms. The molecule has 0 radical (unpaired) electrons. The Balaban J connectivity index is 2.17. The van der Waals surface area contributed by atoms with Crippen LogP contribution in [0.25, 0.3) is 0 Å². The quantitative estimate of drug-likeness (QED) is 0.815. The summed E-state index contributed by atoms with van der Waals surface area (Å²) in [5.41, 5.74) is -0.534. The van der Waals surface area contributed by atoms with Gasteiger partial charge >= 0.3 is 0 Å². The normalized spacial score (nSPS) is 17.4. The van der Waals surface area contributed by atoms with Gasteiger partial charge in [-0.1, -0.05) is 12.1 Å². The monoisotopic (exact) mass is 230 g/mol. The summed E-state index contributed by atoms with van der Waals surface area (Å²) in [4.78, 5) is 12.0. The van der Waals surface area contributed by atoms with E-state index in [1.165, 1.54) is 6.07 Å². The molecule has 4 heteroatoms. The maximum atomic E-state index is 12.0. The largest absolute Gasteiger partial charge is 0.507 e. The molecular formula is C13H14N2O2. The molecule has 1 aromatic carbocycles. The zero-order valence-corrected chi connectivity index (χ0v) is 9.44. The Morgan fingerprint density at radius 2 is 2.00 bits per heavy atom. The van der Waals surface area contributed by atoms with Crippen LogP contribution in [0.1, 0.15) is 36.0 Å². The molecule has 4 nitrogen and oxygen atoms in total. The Morgan fingerprint density at radius 3 is 2.59 bits per heavy atom. The molecule has 17 heavy (non-hydrogen) atoms. The van der Waals surface area contributed by atoms with Gasteiger partial charge in [-0.15, -0.1) is 0 Å². The average Bonchev–Trinajstić information content (AvgIpc) is 2.79. The van der Waals surface area contributed by atoms with Crippen LogP contribution in [0, 0.1) is 11.3 Å². The zero-order valence-electron chi connectivity index (χ0n) is 9.44. The molecule has 0 unspecified atom stereocenters. The van der Waals surface area contributed by atoms with Crippen molar-refractivity contribution >= 4 is 5.91 Å². The second-order valence-corrected chi connectivity index (χ2v) is 4.37. The third-order valence-electron chi connectivity index (χ3n) is 3.17. The van der Waals surface area contributed by atoms with Crippen molar-refractivity contribution in [2.45, 2.75) is 31.2 Å². The minimum absolute atomic E-state index is 0.0592. The zero-order chi connectivity index (χ0) is 12.3. The minimum atomic E-state index is -0.751. The summed E-state index contributed by atoms with van der Waals surface area (Å²) in [7, 11) is 0. The van der Waals surface area contributed by atoms with Gasteiger partial charge in [-0.25, -0.2) is 0 Å². The van der Waals surface area contributed by atoms with E-state index in [4.69, 9.17) is 5.26 Å². The summed E-state index contributed by atoms with van der Waals surface area (Å²) >= 11 is 0. The second-order valence-electron chi connectivity index (χ2n) is 4.37. The number of rotatable bonds is 2. The van der Waals surface area contributed by atoms with Crippen LogP contribution in [0.4, 0.5) is 0 Å². The summed E-state index contributed by atoms with van der Waals surface area (Å²) in [5.74, 6) is -0.442. The highest BCUT2D eigenvalue weighted by Crippen LogP contribution is 2.29. The number of nitrogens with zero attached hydrogens (tertiary/aromatic N) is 1. The number of phenols is 1. The first-order chi connectivity index (χ1) is 8.17. The van der Waals surface area contributed by atoms with Crippen LogP contribution in [0.15, 0.2) is 24.3 Å². The van der Waals surface area contributed by atoms with Crippen molar-refractivity contribution in [1.82, 2.24) is 5.32 Å². The molecule has 1 aliphatic carbocycles. The summed E-state index contributed by atoms with van der Waals surface area (Å²) in [6.45, 7) is 0. The van der Waals surface area contributed by atoms with Crippen LogP contribution in [-0.4, -0.2) is 16.6 Å². The molecule has 0 aromatic heterocycles. The number of nitrogens with one attached hydrogen (secondary N) is 1. The van der Waals surface area contributed by atoms with Crippen molar-refractivity contribution < 1.29 is 9.90 Å². The highest BCUT2D eigenvalue weighted by Gasteiger charge is 2.35. The fourth-order valence-corrected chi connectivity index (χ4v) is 2.19. The van der Waals surface area contributed by atoms with Crippen LogP contribution >= 0.6 is 0 Å². The Morgan fingerprint density at radius 1 is 1.35 bits per heavy atom. The highest BCUT2D eigenvalue weighted by atomic mass is 16.3. The highest BCUT2D eigenvalue weighted by molar-refractivity contribution is 5.97. The number of benzene rings is 1. The first kappa shape index (κ1) is 11.5. The first-order valence-corrected chi connectivity index (χ1v) is 5.69.